The van der Waals surface area contributed by atoms with Crippen molar-refractivity contribution in [2.45, 2.75) is 6.04 Å². The summed E-state index contributed by atoms with van der Waals surface area (Å²) in [5.74, 6) is 0. The van der Waals surface area contributed by atoms with Crippen LogP contribution in [0.1, 0.15) is 11.7 Å². The molecule has 0 amide bonds. The molecule has 1 atom stereocenters. The number of nitrogens with zero attached hydrogens (tertiary/aromatic N) is 2. The molecule has 1 aliphatic rings. The molecular formula is C11H13N3O. The lowest BCUT2D eigenvalue weighted by atomic mass is 10.1. The van der Waals surface area contributed by atoms with Gasteiger partial charge in [0.1, 0.15) is 5.69 Å². The minimum Gasteiger partial charge on any atom is -0.383 e. The van der Waals surface area contributed by atoms with Gasteiger partial charge in [0.2, 0.25) is 0 Å². The molecule has 1 N–H and O–H groups in total. The monoisotopic (exact) mass is 203 g/mol. The van der Waals surface area contributed by atoms with Crippen LogP contribution >= 0.6 is 0 Å². The molecule has 1 unspecified atom stereocenters. The van der Waals surface area contributed by atoms with Crippen LogP contribution in [0.2, 0.25) is 0 Å². The van der Waals surface area contributed by atoms with E-state index in [-0.39, 0.29) is 6.04 Å². The first kappa shape index (κ1) is 8.73. The SMILES string of the molecule is CN(C)C1CNc2ccc3onc1c3c2. The van der Waals surface area contributed by atoms with Gasteiger partial charge in [-0.1, -0.05) is 5.16 Å². The topological polar surface area (TPSA) is 41.3 Å². The summed E-state index contributed by atoms with van der Waals surface area (Å²) in [6.45, 7) is 0.863. The molecule has 78 valence electrons. The summed E-state index contributed by atoms with van der Waals surface area (Å²) in [5, 5.41) is 8.68. The molecule has 1 aliphatic heterocycles. The molecule has 1 aromatic carbocycles. The summed E-state index contributed by atoms with van der Waals surface area (Å²) in [4.78, 5) is 2.15. The maximum Gasteiger partial charge on any atom is 0.167 e. The third-order valence-corrected chi connectivity index (χ3v) is 2.94. The van der Waals surface area contributed by atoms with Crippen LogP contribution < -0.4 is 5.32 Å². The predicted molar refractivity (Wildman–Crippen MR) is 58.9 cm³/mol. The van der Waals surface area contributed by atoms with Gasteiger partial charge in [-0.3, -0.25) is 4.90 Å². The van der Waals surface area contributed by atoms with Crippen molar-refractivity contribution in [2.24, 2.45) is 0 Å². The van der Waals surface area contributed by atoms with Gasteiger partial charge in [0.05, 0.1) is 6.04 Å². The molecule has 3 rings (SSSR count). The van der Waals surface area contributed by atoms with Crippen molar-refractivity contribution in [2.75, 3.05) is 26.0 Å². The van der Waals surface area contributed by atoms with Crippen molar-refractivity contribution in [1.29, 1.82) is 0 Å². The smallest absolute Gasteiger partial charge is 0.167 e. The number of rotatable bonds is 1. The summed E-state index contributed by atoms with van der Waals surface area (Å²) < 4.78 is 5.30. The van der Waals surface area contributed by atoms with E-state index in [0.29, 0.717) is 0 Å². The maximum absolute atomic E-state index is 5.30. The average molecular weight is 203 g/mol. The fourth-order valence-corrected chi connectivity index (χ4v) is 2.05. The summed E-state index contributed by atoms with van der Waals surface area (Å²) >= 11 is 0. The zero-order valence-electron chi connectivity index (χ0n) is 8.82. The van der Waals surface area contributed by atoms with E-state index in [2.05, 4.69) is 35.5 Å². The Hall–Kier alpha value is -1.55. The van der Waals surface area contributed by atoms with E-state index in [0.717, 1.165) is 28.9 Å². The van der Waals surface area contributed by atoms with Gasteiger partial charge in [0, 0.05) is 17.6 Å². The third kappa shape index (κ3) is 1.22. The molecule has 15 heavy (non-hydrogen) atoms. The summed E-state index contributed by atoms with van der Waals surface area (Å²) in [5.41, 5.74) is 3.03. The minimum absolute atomic E-state index is 0.270. The van der Waals surface area contributed by atoms with E-state index < -0.39 is 0 Å². The molecule has 2 bridgehead atoms. The lowest BCUT2D eigenvalue weighted by molar-refractivity contribution is 0.295. The Morgan fingerprint density at radius 3 is 3.13 bits per heavy atom. The number of likely N-dealkylation sites (N-methyl/N-ethyl adjacent to an activating group) is 1. The number of hydrogen-bond acceptors (Lipinski definition) is 4. The molecule has 0 radical (unpaired) electrons. The first-order valence-electron chi connectivity index (χ1n) is 5.05. The molecule has 1 aromatic heterocycles. The number of aromatic nitrogens is 1. The Balaban J connectivity index is 2.24. The molecule has 4 nitrogen and oxygen atoms in total. The number of anilines is 1. The molecule has 0 spiro atoms. The van der Waals surface area contributed by atoms with E-state index in [1.807, 2.05) is 12.1 Å². The van der Waals surface area contributed by atoms with Gasteiger partial charge >= 0.3 is 0 Å². The molecule has 0 saturated carbocycles. The van der Waals surface area contributed by atoms with Gasteiger partial charge in [-0.15, -0.1) is 0 Å². The lowest BCUT2D eigenvalue weighted by Gasteiger charge is -2.21. The normalized spacial score (nSPS) is 19.5. The zero-order chi connectivity index (χ0) is 10.4. The Kier molecular flexibility index (Phi) is 1.73. The molecule has 2 heterocycles. The van der Waals surface area contributed by atoms with Crippen molar-refractivity contribution >= 4 is 16.7 Å². The number of fused-ring (bicyclic) bond motifs is 1. The average Bonchev–Trinajstić information content (AvgIpc) is 2.57. The van der Waals surface area contributed by atoms with Crippen LogP contribution in [-0.4, -0.2) is 30.7 Å². The van der Waals surface area contributed by atoms with Gasteiger partial charge in [0.15, 0.2) is 5.58 Å². The summed E-state index contributed by atoms with van der Waals surface area (Å²) in [6, 6.07) is 6.36. The summed E-state index contributed by atoms with van der Waals surface area (Å²) in [7, 11) is 4.11. The van der Waals surface area contributed by atoms with Gasteiger partial charge < -0.3 is 9.84 Å². The second kappa shape index (κ2) is 2.97. The molecule has 0 fully saturated rings. The van der Waals surface area contributed by atoms with E-state index in [1.165, 1.54) is 0 Å². The second-order valence-electron chi connectivity index (χ2n) is 4.14. The highest BCUT2D eigenvalue weighted by atomic mass is 16.5. The van der Waals surface area contributed by atoms with Crippen LogP contribution in [0.5, 0.6) is 0 Å². The van der Waals surface area contributed by atoms with Gasteiger partial charge in [-0.2, -0.15) is 0 Å². The van der Waals surface area contributed by atoms with Crippen LogP contribution in [0.25, 0.3) is 11.0 Å². The van der Waals surface area contributed by atoms with Crippen molar-refractivity contribution in [3.8, 4) is 0 Å². The number of hydrogen-bond donors (Lipinski definition) is 1. The van der Waals surface area contributed by atoms with Crippen LogP contribution in [0, 0.1) is 0 Å². The Bertz CT molecular complexity index is 504. The number of benzene rings is 1. The van der Waals surface area contributed by atoms with Crippen LogP contribution in [0.15, 0.2) is 22.7 Å². The van der Waals surface area contributed by atoms with Crippen LogP contribution in [0.3, 0.4) is 0 Å². The highest BCUT2D eigenvalue weighted by Crippen LogP contribution is 2.31. The highest BCUT2D eigenvalue weighted by molar-refractivity contribution is 5.84. The highest BCUT2D eigenvalue weighted by Gasteiger charge is 2.23. The van der Waals surface area contributed by atoms with E-state index in [1.54, 1.807) is 0 Å². The van der Waals surface area contributed by atoms with Gasteiger partial charge in [0.25, 0.3) is 0 Å². The van der Waals surface area contributed by atoms with E-state index in [9.17, 15) is 0 Å². The second-order valence-corrected chi connectivity index (χ2v) is 4.14. The van der Waals surface area contributed by atoms with Crippen molar-refractivity contribution in [3.05, 3.63) is 23.9 Å². The van der Waals surface area contributed by atoms with Crippen molar-refractivity contribution in [1.82, 2.24) is 10.1 Å². The van der Waals surface area contributed by atoms with Crippen LogP contribution in [-0.2, 0) is 0 Å². The minimum atomic E-state index is 0.270. The lowest BCUT2D eigenvalue weighted by Crippen LogP contribution is -2.26. The van der Waals surface area contributed by atoms with Crippen molar-refractivity contribution in [3.63, 3.8) is 0 Å². The predicted octanol–water partition coefficient (Wildman–Crippen LogP) is 1.86. The maximum atomic E-state index is 5.30. The quantitative estimate of drug-likeness (QED) is 0.768. The fraction of sp³-hybridized carbons (Fsp3) is 0.364. The molecule has 0 saturated heterocycles. The van der Waals surface area contributed by atoms with E-state index >= 15 is 0 Å². The Morgan fingerprint density at radius 2 is 2.33 bits per heavy atom. The molecule has 0 aliphatic carbocycles. The third-order valence-electron chi connectivity index (χ3n) is 2.94. The Morgan fingerprint density at radius 1 is 1.47 bits per heavy atom. The first-order valence-corrected chi connectivity index (χ1v) is 5.05. The van der Waals surface area contributed by atoms with Gasteiger partial charge in [-0.25, -0.2) is 0 Å². The van der Waals surface area contributed by atoms with Crippen LogP contribution in [0.4, 0.5) is 5.69 Å². The largest absolute Gasteiger partial charge is 0.383 e. The summed E-state index contributed by atoms with van der Waals surface area (Å²) in [6.07, 6.45) is 0. The molecule has 4 heteroatoms. The first-order chi connectivity index (χ1) is 7.25. The number of nitrogens with one attached hydrogen (secondary N) is 1. The fourth-order valence-electron chi connectivity index (χ4n) is 2.05. The molecule has 2 aromatic rings. The van der Waals surface area contributed by atoms with Crippen molar-refractivity contribution < 1.29 is 4.52 Å². The molecular weight excluding hydrogens is 190 g/mol. The van der Waals surface area contributed by atoms with Gasteiger partial charge in [-0.05, 0) is 32.3 Å². The zero-order valence-corrected chi connectivity index (χ0v) is 8.82. The van der Waals surface area contributed by atoms with E-state index in [4.69, 9.17) is 4.52 Å². The Labute approximate surface area is 87.8 Å². The standard InChI is InChI=1S/C11H13N3O/c1-14(2)9-6-12-7-3-4-10-8(5-7)11(9)13-15-10/h3-5,9,12H,6H2,1-2H3.